The second-order valence-electron chi connectivity index (χ2n) is 6.31. The zero-order valence-electron chi connectivity index (χ0n) is 16.9. The molecule has 2 aromatic carbocycles. The first kappa shape index (κ1) is 20.3. The maximum absolute atomic E-state index is 12.6. The Morgan fingerprint density at radius 1 is 1.03 bits per heavy atom. The van der Waals surface area contributed by atoms with E-state index in [1.54, 1.807) is 12.1 Å². The van der Waals surface area contributed by atoms with Crippen molar-refractivity contribution in [2.75, 3.05) is 27.9 Å². The molecule has 0 saturated heterocycles. The third kappa shape index (κ3) is 4.51. The minimum atomic E-state index is -0.242. The third-order valence-electron chi connectivity index (χ3n) is 4.49. The summed E-state index contributed by atoms with van der Waals surface area (Å²) in [4.78, 5) is 17.1. The highest BCUT2D eigenvalue weighted by atomic mass is 16.5. The largest absolute Gasteiger partial charge is 0.493 e. The summed E-state index contributed by atoms with van der Waals surface area (Å²) in [6, 6.07) is 12.9. The van der Waals surface area contributed by atoms with Crippen molar-refractivity contribution in [3.05, 3.63) is 59.5 Å². The molecule has 152 valence electrons. The molecule has 0 atom stereocenters. The fourth-order valence-electron chi connectivity index (χ4n) is 2.97. The van der Waals surface area contributed by atoms with Crippen LogP contribution in [-0.2, 0) is 6.42 Å². The highest BCUT2D eigenvalue weighted by Crippen LogP contribution is 2.38. The lowest BCUT2D eigenvalue weighted by Gasteiger charge is -2.14. The number of ether oxygens (including phenoxy) is 3. The number of hydrogen-bond donors (Lipinski definition) is 1. The van der Waals surface area contributed by atoms with E-state index in [4.69, 9.17) is 18.6 Å². The van der Waals surface area contributed by atoms with Gasteiger partial charge in [-0.2, -0.15) is 0 Å². The molecule has 1 N–H and O–H groups in total. The Kier molecular flexibility index (Phi) is 6.39. The van der Waals surface area contributed by atoms with Crippen molar-refractivity contribution in [2.45, 2.75) is 13.3 Å². The molecule has 0 saturated carbocycles. The molecule has 0 bridgehead atoms. The highest BCUT2D eigenvalue weighted by molar-refractivity contribution is 5.95. The van der Waals surface area contributed by atoms with E-state index >= 15 is 0 Å². The van der Waals surface area contributed by atoms with Crippen LogP contribution in [0.4, 0.5) is 0 Å². The lowest BCUT2D eigenvalue weighted by molar-refractivity contribution is 0.0953. The smallest absolute Gasteiger partial charge is 0.251 e. The van der Waals surface area contributed by atoms with Crippen LogP contribution >= 0.6 is 0 Å². The van der Waals surface area contributed by atoms with Gasteiger partial charge in [-0.1, -0.05) is 18.2 Å². The average Bonchev–Trinajstić information content (AvgIpc) is 3.13. The van der Waals surface area contributed by atoms with Crippen LogP contribution in [0, 0.1) is 6.92 Å². The molecule has 7 heteroatoms. The van der Waals surface area contributed by atoms with Crippen molar-refractivity contribution in [2.24, 2.45) is 0 Å². The number of aromatic nitrogens is 1. The first-order chi connectivity index (χ1) is 14.1. The summed E-state index contributed by atoms with van der Waals surface area (Å²) in [5.74, 6) is 2.38. The summed E-state index contributed by atoms with van der Waals surface area (Å²) in [5.41, 5.74) is 2.15. The zero-order valence-corrected chi connectivity index (χ0v) is 16.9. The lowest BCUT2D eigenvalue weighted by atomic mass is 10.1. The van der Waals surface area contributed by atoms with Crippen molar-refractivity contribution < 1.29 is 23.4 Å². The fourth-order valence-corrected chi connectivity index (χ4v) is 2.97. The van der Waals surface area contributed by atoms with E-state index in [1.165, 1.54) is 21.3 Å². The molecule has 1 amide bonds. The molecule has 0 aliphatic rings. The van der Waals surface area contributed by atoms with Crippen LogP contribution in [0.3, 0.4) is 0 Å². The van der Waals surface area contributed by atoms with Gasteiger partial charge in [0.05, 0.1) is 27.0 Å². The van der Waals surface area contributed by atoms with E-state index < -0.39 is 0 Å². The van der Waals surface area contributed by atoms with Gasteiger partial charge >= 0.3 is 0 Å². The highest BCUT2D eigenvalue weighted by Gasteiger charge is 2.17. The molecule has 3 rings (SSSR count). The zero-order chi connectivity index (χ0) is 20.8. The van der Waals surface area contributed by atoms with E-state index in [-0.39, 0.29) is 5.91 Å². The standard InChI is InChI=1S/C22H24N2O5/c1-14-17(24-22(29-14)15-8-6-5-7-9-15)10-11-23-21(25)16-12-18(26-2)20(28-4)19(13-16)27-3/h5-9,12-13H,10-11H2,1-4H3,(H,23,25). The van der Waals surface area contributed by atoms with Crippen molar-refractivity contribution in [1.29, 1.82) is 0 Å². The molecule has 1 heterocycles. The number of benzene rings is 2. The van der Waals surface area contributed by atoms with Crippen LogP contribution in [-0.4, -0.2) is 38.8 Å². The molecule has 1 aromatic heterocycles. The lowest BCUT2D eigenvalue weighted by Crippen LogP contribution is -2.26. The average molecular weight is 396 g/mol. The number of rotatable bonds is 8. The van der Waals surface area contributed by atoms with Crippen molar-refractivity contribution in [3.63, 3.8) is 0 Å². The number of methoxy groups -OCH3 is 3. The Morgan fingerprint density at radius 3 is 2.28 bits per heavy atom. The Hall–Kier alpha value is -3.48. The number of carbonyl (C=O) groups excluding carboxylic acids is 1. The van der Waals surface area contributed by atoms with Gasteiger partial charge in [0.25, 0.3) is 5.91 Å². The van der Waals surface area contributed by atoms with Crippen LogP contribution in [0.25, 0.3) is 11.5 Å². The Bertz CT molecular complexity index is 957. The molecule has 0 fully saturated rings. The van der Waals surface area contributed by atoms with Crippen molar-refractivity contribution >= 4 is 5.91 Å². The molecule has 29 heavy (non-hydrogen) atoms. The third-order valence-corrected chi connectivity index (χ3v) is 4.49. The normalized spacial score (nSPS) is 10.5. The number of nitrogens with one attached hydrogen (secondary N) is 1. The maximum Gasteiger partial charge on any atom is 0.251 e. The summed E-state index contributed by atoms with van der Waals surface area (Å²) in [7, 11) is 4.54. The Balaban J connectivity index is 1.67. The molecule has 7 nitrogen and oxygen atoms in total. The van der Waals surface area contributed by atoms with Crippen LogP contribution in [0.1, 0.15) is 21.8 Å². The predicted molar refractivity (Wildman–Crippen MR) is 109 cm³/mol. The minimum Gasteiger partial charge on any atom is -0.493 e. The number of nitrogens with zero attached hydrogens (tertiary/aromatic N) is 1. The molecule has 0 unspecified atom stereocenters. The van der Waals surface area contributed by atoms with Gasteiger partial charge in [0.15, 0.2) is 11.5 Å². The van der Waals surface area contributed by atoms with Crippen LogP contribution in [0.15, 0.2) is 46.9 Å². The minimum absolute atomic E-state index is 0.242. The van der Waals surface area contributed by atoms with Gasteiger partial charge in [-0.3, -0.25) is 4.79 Å². The van der Waals surface area contributed by atoms with Gasteiger partial charge in [-0.25, -0.2) is 4.98 Å². The molecular formula is C22H24N2O5. The maximum atomic E-state index is 12.6. The molecule has 0 radical (unpaired) electrons. The van der Waals surface area contributed by atoms with Crippen LogP contribution in [0.5, 0.6) is 17.2 Å². The van der Waals surface area contributed by atoms with Crippen molar-refractivity contribution in [3.8, 4) is 28.7 Å². The topological polar surface area (TPSA) is 82.8 Å². The van der Waals surface area contributed by atoms with Gasteiger partial charge in [0, 0.05) is 24.1 Å². The Morgan fingerprint density at radius 2 is 1.69 bits per heavy atom. The van der Waals surface area contributed by atoms with Gasteiger partial charge < -0.3 is 23.9 Å². The van der Waals surface area contributed by atoms with E-state index in [0.29, 0.717) is 41.7 Å². The molecule has 0 aliphatic heterocycles. The van der Waals surface area contributed by atoms with Crippen LogP contribution < -0.4 is 19.5 Å². The second-order valence-corrected chi connectivity index (χ2v) is 6.31. The van der Waals surface area contributed by atoms with E-state index in [1.807, 2.05) is 37.3 Å². The quantitative estimate of drug-likeness (QED) is 0.626. The molecule has 3 aromatic rings. The summed E-state index contributed by atoms with van der Waals surface area (Å²) in [6.07, 6.45) is 0.554. The van der Waals surface area contributed by atoms with Gasteiger partial charge in [-0.05, 0) is 31.2 Å². The molecule has 0 spiro atoms. The summed E-state index contributed by atoms with van der Waals surface area (Å²) >= 11 is 0. The van der Waals surface area contributed by atoms with E-state index in [9.17, 15) is 4.79 Å². The van der Waals surface area contributed by atoms with Crippen molar-refractivity contribution in [1.82, 2.24) is 10.3 Å². The van der Waals surface area contributed by atoms with Crippen LogP contribution in [0.2, 0.25) is 0 Å². The second kappa shape index (κ2) is 9.14. The number of oxazole rings is 1. The number of amides is 1. The summed E-state index contributed by atoms with van der Waals surface area (Å²) < 4.78 is 21.6. The van der Waals surface area contributed by atoms with Gasteiger partial charge in [0.2, 0.25) is 11.6 Å². The SMILES string of the molecule is COc1cc(C(=O)NCCc2nc(-c3ccccc3)oc2C)cc(OC)c1OC. The molecular weight excluding hydrogens is 372 g/mol. The van der Waals surface area contributed by atoms with E-state index in [2.05, 4.69) is 10.3 Å². The number of aryl methyl sites for hydroxylation is 1. The first-order valence-corrected chi connectivity index (χ1v) is 9.17. The van der Waals surface area contributed by atoms with E-state index in [0.717, 1.165) is 17.0 Å². The first-order valence-electron chi connectivity index (χ1n) is 9.17. The summed E-state index contributed by atoms with van der Waals surface area (Å²) in [5, 5.41) is 2.89. The Labute approximate surface area is 169 Å². The van der Waals surface area contributed by atoms with Gasteiger partial charge in [-0.15, -0.1) is 0 Å². The molecule has 0 aliphatic carbocycles. The fraction of sp³-hybridized carbons (Fsp3) is 0.273. The number of carbonyl (C=O) groups is 1. The summed E-state index contributed by atoms with van der Waals surface area (Å²) in [6.45, 7) is 2.28. The number of hydrogen-bond acceptors (Lipinski definition) is 6. The predicted octanol–water partition coefficient (Wildman–Crippen LogP) is 3.65. The monoisotopic (exact) mass is 396 g/mol. The van der Waals surface area contributed by atoms with Gasteiger partial charge in [0.1, 0.15) is 5.76 Å².